The van der Waals surface area contributed by atoms with E-state index in [-0.39, 0.29) is 23.5 Å². The fourth-order valence-electron chi connectivity index (χ4n) is 5.10. The largest absolute Gasteiger partial charge is 0.474 e. The Bertz CT molecular complexity index is 1130. The summed E-state index contributed by atoms with van der Waals surface area (Å²) in [4.78, 5) is 28.9. The van der Waals surface area contributed by atoms with Crippen LogP contribution in [0.1, 0.15) is 63.2 Å². The summed E-state index contributed by atoms with van der Waals surface area (Å²) in [5, 5.41) is 12.1. The maximum atomic E-state index is 12.5. The van der Waals surface area contributed by atoms with Crippen molar-refractivity contribution in [3.8, 4) is 11.9 Å². The van der Waals surface area contributed by atoms with Gasteiger partial charge in [-0.05, 0) is 55.4 Å². The summed E-state index contributed by atoms with van der Waals surface area (Å²) in [6, 6.07) is 10.6. The predicted octanol–water partition coefficient (Wildman–Crippen LogP) is 2.24. The number of carbonyl (C=O) groups excluding carboxylic acids is 2. The lowest BCUT2D eigenvalue weighted by molar-refractivity contribution is -0.0849. The molecule has 2 aliphatic carbocycles. The van der Waals surface area contributed by atoms with Crippen LogP contribution in [0.25, 0.3) is 0 Å². The topological polar surface area (TPSA) is 127 Å². The van der Waals surface area contributed by atoms with Gasteiger partial charge in [-0.25, -0.2) is 4.98 Å². The van der Waals surface area contributed by atoms with Crippen LogP contribution in [0.5, 0.6) is 5.88 Å². The minimum atomic E-state index is -0.554. The second-order valence-electron chi connectivity index (χ2n) is 9.03. The summed E-state index contributed by atoms with van der Waals surface area (Å²) in [5.41, 5.74) is 8.78. The van der Waals surface area contributed by atoms with Gasteiger partial charge in [0.2, 0.25) is 5.88 Å². The van der Waals surface area contributed by atoms with E-state index in [9.17, 15) is 9.59 Å². The van der Waals surface area contributed by atoms with E-state index in [2.05, 4.69) is 16.4 Å². The molecule has 8 heteroatoms. The van der Waals surface area contributed by atoms with Crippen LogP contribution in [0.3, 0.4) is 0 Å². The molecule has 1 aliphatic heterocycles. The van der Waals surface area contributed by atoms with E-state index in [0.29, 0.717) is 42.2 Å². The van der Waals surface area contributed by atoms with Crippen molar-refractivity contribution in [2.45, 2.75) is 50.9 Å². The summed E-state index contributed by atoms with van der Waals surface area (Å²) in [7, 11) is 0. The van der Waals surface area contributed by atoms with Gasteiger partial charge in [0, 0.05) is 23.6 Å². The van der Waals surface area contributed by atoms with Crippen molar-refractivity contribution in [1.29, 1.82) is 5.26 Å². The summed E-state index contributed by atoms with van der Waals surface area (Å²) in [6.45, 7) is 1.04. The van der Waals surface area contributed by atoms with Crippen molar-refractivity contribution in [2.75, 3.05) is 6.61 Å². The van der Waals surface area contributed by atoms with Crippen molar-refractivity contribution in [1.82, 2.24) is 10.3 Å². The number of carbonyl (C=O) groups is 2. The maximum absolute atomic E-state index is 12.5. The highest BCUT2D eigenvalue weighted by atomic mass is 16.5. The number of nitrogens with zero attached hydrogens (tertiary/aromatic N) is 2. The van der Waals surface area contributed by atoms with Crippen molar-refractivity contribution >= 4 is 11.8 Å². The van der Waals surface area contributed by atoms with E-state index in [0.717, 1.165) is 36.9 Å². The van der Waals surface area contributed by atoms with Crippen molar-refractivity contribution in [2.24, 2.45) is 11.1 Å². The Morgan fingerprint density at radius 3 is 2.81 bits per heavy atom. The zero-order valence-corrected chi connectivity index (χ0v) is 17.6. The number of ether oxygens (including phenoxy) is 2. The lowest BCUT2D eigenvalue weighted by atomic mass is 9.53. The number of aromatic nitrogens is 1. The molecule has 1 spiro atoms. The Morgan fingerprint density at radius 2 is 2.06 bits per heavy atom. The number of fused-ring (bicyclic) bond motifs is 1. The molecule has 8 nitrogen and oxygen atoms in total. The van der Waals surface area contributed by atoms with Crippen LogP contribution in [-0.2, 0) is 17.8 Å². The Balaban J connectivity index is 1.16. The molecule has 0 unspecified atom stereocenters. The molecule has 2 amide bonds. The summed E-state index contributed by atoms with van der Waals surface area (Å²) in [5.74, 6) is -0.385. The number of amides is 2. The third kappa shape index (κ3) is 3.80. The lowest BCUT2D eigenvalue weighted by Crippen LogP contribution is -2.58. The first-order valence-corrected chi connectivity index (χ1v) is 10.8. The number of benzene rings is 1. The molecule has 2 saturated carbocycles. The van der Waals surface area contributed by atoms with Crippen molar-refractivity contribution in [3.63, 3.8) is 0 Å². The number of nitriles is 1. The number of hydrogen-bond acceptors (Lipinski definition) is 6. The van der Waals surface area contributed by atoms with Crippen LogP contribution < -0.4 is 15.8 Å². The summed E-state index contributed by atoms with van der Waals surface area (Å²) < 4.78 is 11.5. The maximum Gasteiger partial charge on any atom is 0.254 e. The molecule has 2 aromatic rings. The lowest BCUT2D eigenvalue weighted by Gasteiger charge is -2.57. The van der Waals surface area contributed by atoms with Crippen LogP contribution in [0.2, 0.25) is 0 Å². The fourth-order valence-corrected chi connectivity index (χ4v) is 5.10. The summed E-state index contributed by atoms with van der Waals surface area (Å²) in [6.07, 6.45) is 4.20. The van der Waals surface area contributed by atoms with Gasteiger partial charge < -0.3 is 20.5 Å². The van der Waals surface area contributed by atoms with Gasteiger partial charge >= 0.3 is 0 Å². The second-order valence-corrected chi connectivity index (χ2v) is 9.03. The van der Waals surface area contributed by atoms with Gasteiger partial charge in [0.25, 0.3) is 11.8 Å². The minimum Gasteiger partial charge on any atom is -0.474 e. The van der Waals surface area contributed by atoms with Gasteiger partial charge in [-0.2, -0.15) is 5.26 Å². The average Bonchev–Trinajstić information content (AvgIpc) is 2.75. The Kier molecular flexibility index (Phi) is 5.06. The van der Waals surface area contributed by atoms with E-state index in [1.165, 1.54) is 0 Å². The van der Waals surface area contributed by atoms with Gasteiger partial charge in [0.05, 0.1) is 30.5 Å². The number of pyridine rings is 1. The SMILES string of the molecule is N#Cc1cccc(C(=O)NC2CC3(C2)CC(Oc2nc4c(cc2C(N)=O)COCC4)C3)c1. The second kappa shape index (κ2) is 7.92. The molecule has 3 aliphatic rings. The normalized spacial score (nSPS) is 25.6. The molecule has 164 valence electrons. The van der Waals surface area contributed by atoms with Gasteiger partial charge in [0.1, 0.15) is 11.7 Å². The predicted molar refractivity (Wildman–Crippen MR) is 114 cm³/mol. The minimum absolute atomic E-state index is 0.0116. The van der Waals surface area contributed by atoms with E-state index < -0.39 is 5.91 Å². The molecule has 32 heavy (non-hydrogen) atoms. The Hall–Kier alpha value is -3.44. The first kappa shape index (κ1) is 20.5. The summed E-state index contributed by atoms with van der Waals surface area (Å²) >= 11 is 0. The molecule has 5 rings (SSSR count). The number of nitrogens with one attached hydrogen (secondary N) is 1. The highest BCUT2D eigenvalue weighted by Gasteiger charge is 2.54. The zero-order chi connectivity index (χ0) is 22.3. The number of nitrogens with two attached hydrogens (primary N) is 1. The van der Waals surface area contributed by atoms with Gasteiger partial charge in [0.15, 0.2) is 0 Å². The van der Waals surface area contributed by atoms with Crippen LogP contribution >= 0.6 is 0 Å². The van der Waals surface area contributed by atoms with E-state index >= 15 is 0 Å². The zero-order valence-electron chi connectivity index (χ0n) is 17.6. The third-order valence-electron chi connectivity index (χ3n) is 6.71. The van der Waals surface area contributed by atoms with Crippen molar-refractivity contribution < 1.29 is 19.1 Å². The number of primary amides is 1. The number of rotatable bonds is 5. The molecule has 0 radical (unpaired) electrons. The molecule has 1 aromatic carbocycles. The van der Waals surface area contributed by atoms with Crippen LogP contribution in [-0.4, -0.2) is 35.6 Å². The average molecular weight is 432 g/mol. The highest BCUT2D eigenvalue weighted by molar-refractivity contribution is 5.95. The van der Waals surface area contributed by atoms with E-state index in [1.54, 1.807) is 30.3 Å². The third-order valence-corrected chi connectivity index (χ3v) is 6.71. The van der Waals surface area contributed by atoms with Gasteiger partial charge in [-0.1, -0.05) is 6.07 Å². The molecular formula is C24H24N4O4. The molecular weight excluding hydrogens is 408 g/mol. The Labute approximate surface area is 185 Å². The van der Waals surface area contributed by atoms with E-state index in [4.69, 9.17) is 20.5 Å². The fraction of sp³-hybridized carbons (Fsp3) is 0.417. The monoisotopic (exact) mass is 432 g/mol. The highest BCUT2D eigenvalue weighted by Crippen LogP contribution is 2.56. The van der Waals surface area contributed by atoms with Crippen molar-refractivity contribution in [3.05, 3.63) is 58.3 Å². The quantitative estimate of drug-likeness (QED) is 0.746. The molecule has 1 aromatic heterocycles. The smallest absolute Gasteiger partial charge is 0.254 e. The first-order valence-electron chi connectivity index (χ1n) is 10.8. The standard InChI is InChI=1S/C24H24N4O4/c25-12-14-2-1-3-15(6-14)22(30)27-17-8-24(9-17)10-18(11-24)32-23-19(21(26)29)7-16-13-31-5-4-20(16)28-23/h1-3,6-7,17-18H,4-5,8-11,13H2,(H2,26,29)(H,27,30). The van der Waals surface area contributed by atoms with Crippen LogP contribution in [0.4, 0.5) is 0 Å². The molecule has 2 fully saturated rings. The molecule has 2 heterocycles. The first-order chi connectivity index (χ1) is 15.4. The van der Waals surface area contributed by atoms with Gasteiger partial charge in [-0.3, -0.25) is 9.59 Å². The van der Waals surface area contributed by atoms with E-state index in [1.807, 2.05) is 0 Å². The number of hydrogen-bond donors (Lipinski definition) is 2. The Morgan fingerprint density at radius 1 is 1.25 bits per heavy atom. The molecule has 3 N–H and O–H groups in total. The molecule has 0 atom stereocenters. The van der Waals surface area contributed by atoms with Gasteiger partial charge in [-0.15, -0.1) is 0 Å². The molecule has 0 saturated heterocycles. The van der Waals surface area contributed by atoms with Crippen LogP contribution in [0, 0.1) is 16.7 Å². The van der Waals surface area contributed by atoms with Crippen LogP contribution in [0.15, 0.2) is 30.3 Å². The molecule has 0 bridgehead atoms.